The third-order valence-corrected chi connectivity index (χ3v) is 4.82. The van der Waals surface area contributed by atoms with E-state index in [0.29, 0.717) is 18.9 Å². The number of rotatable bonds is 2. The van der Waals surface area contributed by atoms with Gasteiger partial charge in [-0.25, -0.2) is 4.79 Å². The van der Waals surface area contributed by atoms with Gasteiger partial charge in [-0.1, -0.05) is 12.1 Å². The average molecular weight is 386 g/mol. The number of likely N-dealkylation sites (tertiary alicyclic amines) is 1. The predicted octanol–water partition coefficient (Wildman–Crippen LogP) is 2.63. The SMILES string of the molecule is NC1CN(C2CC=C(c3ccc4c(c3)OCO4)CC2)C1.O=C(O)C(F)(F)F. The van der Waals surface area contributed by atoms with Crippen molar-refractivity contribution >= 4 is 11.5 Å². The third-order valence-electron chi connectivity index (χ3n) is 4.82. The number of carboxylic acids is 1. The van der Waals surface area contributed by atoms with Gasteiger partial charge in [-0.05, 0) is 42.5 Å². The highest BCUT2D eigenvalue weighted by atomic mass is 19.4. The molecular formula is C18H21F3N2O4. The van der Waals surface area contributed by atoms with Crippen LogP contribution < -0.4 is 15.2 Å². The van der Waals surface area contributed by atoms with Crippen molar-refractivity contribution in [2.75, 3.05) is 19.9 Å². The van der Waals surface area contributed by atoms with Crippen molar-refractivity contribution in [3.8, 4) is 11.5 Å². The van der Waals surface area contributed by atoms with E-state index < -0.39 is 12.1 Å². The van der Waals surface area contributed by atoms with E-state index in [2.05, 4.69) is 23.1 Å². The summed E-state index contributed by atoms with van der Waals surface area (Å²) in [6.45, 7) is 2.48. The molecule has 0 spiro atoms. The van der Waals surface area contributed by atoms with E-state index in [0.717, 1.165) is 37.4 Å². The number of alkyl halides is 3. The number of benzene rings is 1. The normalized spacial score (nSPS) is 22.4. The first-order valence-corrected chi connectivity index (χ1v) is 8.63. The number of hydrogen-bond donors (Lipinski definition) is 2. The van der Waals surface area contributed by atoms with Gasteiger partial charge in [0.15, 0.2) is 11.5 Å². The summed E-state index contributed by atoms with van der Waals surface area (Å²) in [6.07, 6.45) is 0.801. The highest BCUT2D eigenvalue weighted by molar-refractivity contribution is 5.73. The van der Waals surface area contributed by atoms with Crippen LogP contribution in [0.1, 0.15) is 24.8 Å². The largest absolute Gasteiger partial charge is 0.490 e. The first kappa shape index (κ1) is 19.5. The molecule has 1 fully saturated rings. The summed E-state index contributed by atoms with van der Waals surface area (Å²) < 4.78 is 42.6. The second-order valence-corrected chi connectivity index (χ2v) is 6.74. The van der Waals surface area contributed by atoms with Crippen LogP contribution in [0.15, 0.2) is 24.3 Å². The molecule has 1 atom stereocenters. The minimum absolute atomic E-state index is 0.342. The van der Waals surface area contributed by atoms with E-state index in [-0.39, 0.29) is 0 Å². The number of fused-ring (bicyclic) bond motifs is 1. The molecule has 0 amide bonds. The van der Waals surface area contributed by atoms with E-state index in [4.69, 9.17) is 25.1 Å². The lowest BCUT2D eigenvalue weighted by molar-refractivity contribution is -0.192. The Morgan fingerprint density at radius 3 is 2.44 bits per heavy atom. The van der Waals surface area contributed by atoms with Gasteiger partial charge >= 0.3 is 12.1 Å². The smallest absolute Gasteiger partial charge is 0.475 e. The van der Waals surface area contributed by atoms with Gasteiger partial charge in [0.1, 0.15) is 0 Å². The Labute approximate surface area is 154 Å². The average Bonchev–Trinajstić information content (AvgIpc) is 3.06. The van der Waals surface area contributed by atoms with Crippen LogP contribution in [-0.2, 0) is 4.79 Å². The zero-order chi connectivity index (χ0) is 19.6. The molecule has 0 radical (unpaired) electrons. The van der Waals surface area contributed by atoms with Crippen molar-refractivity contribution < 1.29 is 32.5 Å². The highest BCUT2D eigenvalue weighted by Crippen LogP contribution is 2.37. The number of hydrogen-bond acceptors (Lipinski definition) is 5. The van der Waals surface area contributed by atoms with E-state index >= 15 is 0 Å². The van der Waals surface area contributed by atoms with Crippen LogP contribution in [0.3, 0.4) is 0 Å². The monoisotopic (exact) mass is 386 g/mol. The van der Waals surface area contributed by atoms with E-state index in [1.54, 1.807) is 0 Å². The lowest BCUT2D eigenvalue weighted by Crippen LogP contribution is -2.59. The van der Waals surface area contributed by atoms with Crippen molar-refractivity contribution in [1.29, 1.82) is 0 Å². The maximum absolute atomic E-state index is 10.6. The van der Waals surface area contributed by atoms with Crippen LogP contribution in [0.4, 0.5) is 13.2 Å². The van der Waals surface area contributed by atoms with Crippen molar-refractivity contribution in [3.63, 3.8) is 0 Å². The molecule has 3 N–H and O–H groups in total. The van der Waals surface area contributed by atoms with Crippen molar-refractivity contribution in [2.45, 2.75) is 37.5 Å². The second-order valence-electron chi connectivity index (χ2n) is 6.74. The number of ether oxygens (including phenoxy) is 2. The summed E-state index contributed by atoms with van der Waals surface area (Å²) in [6, 6.07) is 7.34. The Balaban J connectivity index is 0.000000260. The van der Waals surface area contributed by atoms with Crippen LogP contribution in [0, 0.1) is 0 Å². The minimum atomic E-state index is -5.08. The minimum Gasteiger partial charge on any atom is -0.475 e. The number of nitrogens with zero attached hydrogens (tertiary/aromatic N) is 1. The van der Waals surface area contributed by atoms with Crippen molar-refractivity contribution in [3.05, 3.63) is 29.8 Å². The topological polar surface area (TPSA) is 85.0 Å². The lowest BCUT2D eigenvalue weighted by atomic mass is 9.88. The zero-order valence-electron chi connectivity index (χ0n) is 14.5. The Hall–Kier alpha value is -2.26. The molecule has 0 saturated carbocycles. The Bertz CT molecular complexity index is 730. The number of allylic oxidation sites excluding steroid dienone is 1. The summed E-state index contributed by atoms with van der Waals surface area (Å²) in [5.74, 6) is -1.02. The Kier molecular flexibility index (Phi) is 5.61. The number of halogens is 3. The van der Waals surface area contributed by atoms with Crippen LogP contribution in [0.2, 0.25) is 0 Å². The summed E-state index contributed by atoms with van der Waals surface area (Å²) >= 11 is 0. The molecule has 0 bridgehead atoms. The fourth-order valence-electron chi connectivity index (χ4n) is 3.36. The second kappa shape index (κ2) is 7.77. The molecule has 2 heterocycles. The molecule has 27 heavy (non-hydrogen) atoms. The standard InChI is InChI=1S/C16H20N2O2.C2HF3O2/c17-13-8-18(9-13)14-4-1-11(2-5-14)12-3-6-15-16(7-12)20-10-19-15;3-2(4,5)1(6)7/h1,3,6-7,13-14H,2,4-5,8-10,17H2;(H,6,7). The van der Waals surface area contributed by atoms with Crippen LogP contribution >= 0.6 is 0 Å². The van der Waals surface area contributed by atoms with Crippen LogP contribution in [-0.4, -0.2) is 54.1 Å². The molecule has 1 unspecified atom stereocenters. The summed E-state index contributed by atoms with van der Waals surface area (Å²) in [5, 5.41) is 7.12. The number of nitrogens with two attached hydrogens (primary N) is 1. The lowest BCUT2D eigenvalue weighted by Gasteiger charge is -2.43. The van der Waals surface area contributed by atoms with Gasteiger partial charge in [-0.15, -0.1) is 0 Å². The summed E-state index contributed by atoms with van der Waals surface area (Å²) in [7, 11) is 0. The number of carboxylic acid groups (broad SMARTS) is 1. The maximum Gasteiger partial charge on any atom is 0.490 e. The molecule has 0 aromatic heterocycles. The van der Waals surface area contributed by atoms with E-state index in [1.807, 2.05) is 6.07 Å². The fourth-order valence-corrected chi connectivity index (χ4v) is 3.36. The van der Waals surface area contributed by atoms with Gasteiger partial charge < -0.3 is 20.3 Å². The van der Waals surface area contributed by atoms with Gasteiger partial charge in [0, 0.05) is 25.2 Å². The van der Waals surface area contributed by atoms with E-state index in [1.165, 1.54) is 17.6 Å². The molecule has 9 heteroatoms. The molecule has 1 aromatic rings. The summed E-state index contributed by atoms with van der Waals surface area (Å²) in [4.78, 5) is 11.4. The van der Waals surface area contributed by atoms with Gasteiger partial charge in [0.2, 0.25) is 6.79 Å². The number of aliphatic carboxylic acids is 1. The molecule has 3 aliphatic rings. The highest BCUT2D eigenvalue weighted by Gasteiger charge is 2.38. The quantitative estimate of drug-likeness (QED) is 0.813. The molecule has 148 valence electrons. The van der Waals surface area contributed by atoms with Gasteiger partial charge in [0.25, 0.3) is 0 Å². The van der Waals surface area contributed by atoms with E-state index in [9.17, 15) is 13.2 Å². The molecule has 6 nitrogen and oxygen atoms in total. The summed E-state index contributed by atoms with van der Waals surface area (Å²) in [5.41, 5.74) is 8.57. The molecule has 1 aromatic carbocycles. The van der Waals surface area contributed by atoms with Gasteiger partial charge in [-0.3, -0.25) is 4.90 Å². The molecule has 2 aliphatic heterocycles. The predicted molar refractivity (Wildman–Crippen MR) is 91.4 cm³/mol. The van der Waals surface area contributed by atoms with Gasteiger partial charge in [0.05, 0.1) is 0 Å². The molecular weight excluding hydrogens is 365 g/mol. The zero-order valence-corrected chi connectivity index (χ0v) is 14.5. The molecule has 1 saturated heterocycles. The van der Waals surface area contributed by atoms with Crippen LogP contribution in [0.5, 0.6) is 11.5 Å². The third kappa shape index (κ3) is 4.72. The molecule has 1 aliphatic carbocycles. The fraction of sp³-hybridized carbons (Fsp3) is 0.500. The van der Waals surface area contributed by atoms with Crippen molar-refractivity contribution in [2.24, 2.45) is 5.73 Å². The maximum atomic E-state index is 10.6. The Morgan fingerprint density at radius 1 is 1.22 bits per heavy atom. The van der Waals surface area contributed by atoms with Crippen molar-refractivity contribution in [1.82, 2.24) is 4.90 Å². The first-order valence-electron chi connectivity index (χ1n) is 8.63. The first-order chi connectivity index (χ1) is 12.7. The van der Waals surface area contributed by atoms with Crippen LogP contribution in [0.25, 0.3) is 5.57 Å². The van der Waals surface area contributed by atoms with Gasteiger partial charge in [-0.2, -0.15) is 13.2 Å². The molecule has 4 rings (SSSR count). The number of carbonyl (C=O) groups is 1. The Morgan fingerprint density at radius 2 is 1.89 bits per heavy atom.